The third kappa shape index (κ3) is 5.81. The van der Waals surface area contributed by atoms with Gasteiger partial charge in [-0.1, -0.05) is 17.7 Å². The third-order valence-electron chi connectivity index (χ3n) is 8.11. The number of amides is 2. The van der Waals surface area contributed by atoms with Crippen LogP contribution in [-0.2, 0) is 16.8 Å². The molecule has 2 heterocycles. The summed E-state index contributed by atoms with van der Waals surface area (Å²) in [5, 5.41) is 20.4. The maximum atomic E-state index is 14.5. The van der Waals surface area contributed by atoms with Crippen molar-refractivity contribution in [3.8, 4) is 22.8 Å². The number of benzene rings is 2. The number of carbonyl (C=O) groups excluding carboxylic acids is 2. The summed E-state index contributed by atoms with van der Waals surface area (Å²) < 4.78 is 27.9. The summed E-state index contributed by atoms with van der Waals surface area (Å²) in [5.41, 5.74) is 6.18. The molecule has 2 aliphatic carbocycles. The number of carbonyl (C=O) groups is 2. The van der Waals surface area contributed by atoms with Crippen LogP contribution in [0.4, 0.5) is 4.39 Å². The van der Waals surface area contributed by atoms with E-state index in [-0.39, 0.29) is 47.7 Å². The molecule has 0 bridgehead atoms. The lowest BCUT2D eigenvalue weighted by molar-refractivity contribution is -0.117. The number of halogens is 2. The zero-order valence-electron chi connectivity index (χ0n) is 24.4. The number of nitrogens with two attached hydrogens (primary N) is 1. The fourth-order valence-corrected chi connectivity index (χ4v) is 5.65. The van der Waals surface area contributed by atoms with Crippen LogP contribution >= 0.6 is 11.6 Å². The Hall–Kier alpha value is -4.22. The van der Waals surface area contributed by atoms with E-state index < -0.39 is 23.2 Å². The van der Waals surface area contributed by atoms with Crippen molar-refractivity contribution in [3.05, 3.63) is 70.3 Å². The van der Waals surface area contributed by atoms with Crippen LogP contribution in [0.1, 0.15) is 60.3 Å². The predicted octanol–water partition coefficient (Wildman–Crippen LogP) is 4.69. The minimum Gasteiger partial charge on any atom is -0.494 e. The number of nitrogens with one attached hydrogen (secondary N) is 1. The number of ether oxygens (including phenoxy) is 2. The molecule has 230 valence electrons. The second-order valence-electron chi connectivity index (χ2n) is 11.4. The van der Waals surface area contributed by atoms with Crippen molar-refractivity contribution in [1.82, 2.24) is 20.1 Å². The summed E-state index contributed by atoms with van der Waals surface area (Å²) in [4.78, 5) is 30.3. The molecule has 2 aromatic heterocycles. The van der Waals surface area contributed by atoms with Gasteiger partial charge < -0.3 is 25.6 Å². The van der Waals surface area contributed by atoms with Crippen molar-refractivity contribution in [2.75, 3.05) is 20.3 Å². The molecule has 2 amide bonds. The summed E-state index contributed by atoms with van der Waals surface area (Å²) >= 11 is 5.93. The molecule has 2 fully saturated rings. The average Bonchev–Trinajstić information content (AvgIpc) is 3.94. The van der Waals surface area contributed by atoms with Crippen LogP contribution in [0.5, 0.6) is 11.5 Å². The second kappa shape index (κ2) is 11.7. The SMILES string of the molecule is CCOc1c(CC(N)=O)cc([C@@](O)(CNC(=O)c2cc(OC)c3nn(C4CC4)cc3c2)C2CC2)nc1-c1ccc(Cl)c(F)c1. The molecule has 10 nitrogen and oxygen atoms in total. The summed E-state index contributed by atoms with van der Waals surface area (Å²) in [6, 6.07) is 9.54. The van der Waals surface area contributed by atoms with E-state index in [1.165, 1.54) is 19.2 Å². The number of fused-ring (bicyclic) bond motifs is 1. The van der Waals surface area contributed by atoms with Crippen LogP contribution in [0.2, 0.25) is 5.02 Å². The normalized spacial score (nSPS) is 16.0. The van der Waals surface area contributed by atoms with Crippen LogP contribution in [0, 0.1) is 11.7 Å². The summed E-state index contributed by atoms with van der Waals surface area (Å²) in [7, 11) is 1.53. The van der Waals surface area contributed by atoms with Gasteiger partial charge >= 0.3 is 0 Å². The molecular formula is C32H33ClFN5O5. The van der Waals surface area contributed by atoms with Gasteiger partial charge in [0.2, 0.25) is 5.91 Å². The van der Waals surface area contributed by atoms with Crippen LogP contribution in [0.25, 0.3) is 22.2 Å². The van der Waals surface area contributed by atoms with Crippen molar-refractivity contribution in [2.45, 2.75) is 50.7 Å². The molecule has 44 heavy (non-hydrogen) atoms. The van der Waals surface area contributed by atoms with Crippen LogP contribution in [0.15, 0.2) is 42.6 Å². The monoisotopic (exact) mass is 621 g/mol. The Morgan fingerprint density at radius 3 is 2.61 bits per heavy atom. The highest BCUT2D eigenvalue weighted by Crippen LogP contribution is 2.47. The number of aliphatic hydroxyl groups is 1. The molecule has 6 rings (SSSR count). The van der Waals surface area contributed by atoms with Gasteiger partial charge in [-0.05, 0) is 68.9 Å². The van der Waals surface area contributed by atoms with Crippen molar-refractivity contribution < 1.29 is 28.6 Å². The summed E-state index contributed by atoms with van der Waals surface area (Å²) in [5.74, 6) is -1.16. The van der Waals surface area contributed by atoms with Crippen molar-refractivity contribution in [2.24, 2.45) is 11.7 Å². The molecule has 4 N–H and O–H groups in total. The molecule has 4 aromatic rings. The fraction of sp³-hybridized carbons (Fsp3) is 0.375. The van der Waals surface area contributed by atoms with Gasteiger partial charge in [0.15, 0.2) is 0 Å². The maximum absolute atomic E-state index is 14.5. The highest BCUT2D eigenvalue weighted by atomic mass is 35.5. The zero-order valence-corrected chi connectivity index (χ0v) is 25.2. The lowest BCUT2D eigenvalue weighted by Gasteiger charge is -2.30. The number of hydrogen-bond acceptors (Lipinski definition) is 7. The molecular weight excluding hydrogens is 589 g/mol. The molecule has 0 aliphatic heterocycles. The van der Waals surface area contributed by atoms with E-state index in [0.29, 0.717) is 46.8 Å². The number of aromatic nitrogens is 3. The molecule has 0 unspecified atom stereocenters. The van der Waals surface area contributed by atoms with Crippen LogP contribution in [0.3, 0.4) is 0 Å². The van der Waals surface area contributed by atoms with Gasteiger partial charge in [-0.15, -0.1) is 0 Å². The molecule has 0 saturated heterocycles. The number of pyridine rings is 1. The van der Waals surface area contributed by atoms with E-state index in [4.69, 9.17) is 31.8 Å². The maximum Gasteiger partial charge on any atom is 0.251 e. The predicted molar refractivity (Wildman–Crippen MR) is 162 cm³/mol. The standard InChI is InChI=1S/C32H33ClFN5O5/c1-3-44-30-18(14-27(35)40)13-26(37-29(30)17-4-9-23(33)24(34)11-17)32(42,21-5-6-21)16-36-31(41)19-10-20-15-39(22-7-8-22)38-28(20)25(12-19)43-2/h4,9-13,15,21-22,42H,3,5-8,14,16H2,1-2H3,(H2,35,40)(H,36,41)/t32-/m1/s1. The Morgan fingerprint density at radius 2 is 1.98 bits per heavy atom. The molecule has 1 atom stereocenters. The van der Waals surface area contributed by atoms with Crippen LogP contribution in [-0.4, -0.2) is 51.9 Å². The molecule has 2 saturated carbocycles. The van der Waals surface area contributed by atoms with E-state index in [1.54, 1.807) is 31.2 Å². The first-order chi connectivity index (χ1) is 21.1. The summed E-state index contributed by atoms with van der Waals surface area (Å²) in [6.07, 6.45) is 5.26. The fourth-order valence-electron chi connectivity index (χ4n) is 5.53. The summed E-state index contributed by atoms with van der Waals surface area (Å²) in [6.45, 7) is 1.85. The average molecular weight is 622 g/mol. The van der Waals surface area contributed by atoms with E-state index >= 15 is 0 Å². The smallest absolute Gasteiger partial charge is 0.251 e. The highest BCUT2D eigenvalue weighted by molar-refractivity contribution is 6.30. The lowest BCUT2D eigenvalue weighted by atomic mass is 9.90. The van der Waals surface area contributed by atoms with Gasteiger partial charge in [0.05, 0.1) is 43.4 Å². The molecule has 0 radical (unpaired) electrons. The first-order valence-electron chi connectivity index (χ1n) is 14.6. The largest absolute Gasteiger partial charge is 0.494 e. The van der Waals surface area contributed by atoms with Gasteiger partial charge in [0.25, 0.3) is 5.91 Å². The number of hydrogen-bond donors (Lipinski definition) is 3. The first kappa shape index (κ1) is 29.8. The Labute approximate surface area is 258 Å². The number of nitrogens with zero attached hydrogens (tertiary/aromatic N) is 3. The highest BCUT2D eigenvalue weighted by Gasteiger charge is 2.47. The van der Waals surface area contributed by atoms with Crippen molar-refractivity contribution in [1.29, 1.82) is 0 Å². The van der Waals surface area contributed by atoms with Crippen molar-refractivity contribution in [3.63, 3.8) is 0 Å². The van der Waals surface area contributed by atoms with Gasteiger partial charge in [-0.2, -0.15) is 5.10 Å². The Kier molecular flexibility index (Phi) is 7.93. The quantitative estimate of drug-likeness (QED) is 0.208. The molecule has 2 aromatic carbocycles. The van der Waals surface area contributed by atoms with Gasteiger partial charge in [-0.3, -0.25) is 14.3 Å². The Morgan fingerprint density at radius 1 is 1.20 bits per heavy atom. The van der Waals surface area contributed by atoms with Crippen molar-refractivity contribution >= 4 is 34.3 Å². The number of rotatable bonds is 12. The van der Waals surface area contributed by atoms with E-state index in [1.807, 2.05) is 10.9 Å². The van der Waals surface area contributed by atoms with E-state index in [0.717, 1.165) is 18.2 Å². The Balaban J connectivity index is 1.36. The zero-order chi connectivity index (χ0) is 31.2. The van der Waals surface area contributed by atoms with Gasteiger partial charge in [-0.25, -0.2) is 9.37 Å². The van der Waals surface area contributed by atoms with E-state index in [2.05, 4.69) is 10.4 Å². The minimum atomic E-state index is -1.60. The number of primary amides is 1. The van der Waals surface area contributed by atoms with Crippen LogP contribution < -0.4 is 20.5 Å². The Bertz CT molecular complexity index is 1770. The molecule has 12 heteroatoms. The third-order valence-corrected chi connectivity index (χ3v) is 8.41. The van der Waals surface area contributed by atoms with E-state index in [9.17, 15) is 19.1 Å². The number of methoxy groups -OCH3 is 1. The second-order valence-corrected chi connectivity index (χ2v) is 11.8. The first-order valence-corrected chi connectivity index (χ1v) is 15.0. The van der Waals surface area contributed by atoms with Gasteiger partial charge in [0, 0.05) is 28.3 Å². The lowest BCUT2D eigenvalue weighted by Crippen LogP contribution is -2.43. The minimum absolute atomic E-state index is 0.0628. The molecule has 2 aliphatic rings. The topological polar surface area (TPSA) is 142 Å². The van der Waals surface area contributed by atoms with Gasteiger partial charge in [0.1, 0.15) is 34.1 Å². The molecule has 0 spiro atoms.